The number of alkyl halides is 3. The third kappa shape index (κ3) is 9.47. The van der Waals surface area contributed by atoms with Crippen LogP contribution in [0.2, 0.25) is 0 Å². The van der Waals surface area contributed by atoms with Crippen LogP contribution in [0.3, 0.4) is 0 Å². The highest BCUT2D eigenvalue weighted by molar-refractivity contribution is 7.93. The number of nitrogens with zero attached hydrogens (tertiary/aromatic N) is 2. The molecule has 3 rings (SSSR count). The summed E-state index contributed by atoms with van der Waals surface area (Å²) >= 11 is 0. The number of nitrogen functional groups attached to an aromatic ring is 1. The van der Waals surface area contributed by atoms with Gasteiger partial charge in [-0.2, -0.15) is 17.5 Å². The lowest BCUT2D eigenvalue weighted by atomic mass is 10.1. The molecular weight excluding hydrogens is 561 g/mol. The zero-order chi connectivity index (χ0) is 30.2. The molecule has 0 saturated carbocycles. The van der Waals surface area contributed by atoms with Crippen LogP contribution in [0.25, 0.3) is 0 Å². The largest absolute Gasteiger partial charge is 0.481 e. The molecule has 1 atom stereocenters. The van der Waals surface area contributed by atoms with Crippen molar-refractivity contribution in [3.63, 3.8) is 0 Å². The van der Waals surface area contributed by atoms with E-state index in [-0.39, 0.29) is 40.4 Å². The summed E-state index contributed by atoms with van der Waals surface area (Å²) in [4.78, 5) is 39.7. The van der Waals surface area contributed by atoms with Crippen LogP contribution in [0.1, 0.15) is 56.7 Å². The molecule has 1 unspecified atom stereocenters. The summed E-state index contributed by atoms with van der Waals surface area (Å²) in [5, 5.41) is 11.2. The van der Waals surface area contributed by atoms with E-state index in [2.05, 4.69) is 26.5 Å². The quantitative estimate of drug-likeness (QED) is 0.253. The Morgan fingerprint density at radius 3 is 2.49 bits per heavy atom. The second-order valence-electron chi connectivity index (χ2n) is 8.93. The van der Waals surface area contributed by atoms with Crippen LogP contribution in [-0.4, -0.2) is 44.1 Å². The number of nitrogens with one attached hydrogen (secondary N) is 1. The van der Waals surface area contributed by atoms with Crippen molar-refractivity contribution in [1.29, 1.82) is 0 Å². The summed E-state index contributed by atoms with van der Waals surface area (Å²) in [5.74, 6) is 3.20. The van der Waals surface area contributed by atoms with Crippen molar-refractivity contribution >= 4 is 39.0 Å². The van der Waals surface area contributed by atoms with E-state index in [9.17, 15) is 31.8 Å². The number of nitrogens with two attached hydrogens (primary N) is 1. The minimum atomic E-state index is -4.59. The monoisotopic (exact) mass is 586 g/mol. The molecule has 2 amide bonds. The van der Waals surface area contributed by atoms with E-state index < -0.39 is 39.3 Å². The van der Waals surface area contributed by atoms with E-state index in [0.29, 0.717) is 18.4 Å². The Hall–Kier alpha value is -4.70. The molecule has 1 heterocycles. The molecule has 13 heteroatoms. The van der Waals surface area contributed by atoms with Crippen LogP contribution in [0.5, 0.6) is 0 Å². The predicted octanol–water partition coefficient (Wildman–Crippen LogP) is 4.83. The summed E-state index contributed by atoms with van der Waals surface area (Å²) in [6, 6.07) is 11.6. The molecule has 9 nitrogen and oxygen atoms in total. The molecule has 0 aliphatic rings. The van der Waals surface area contributed by atoms with Gasteiger partial charge in [0.15, 0.2) is 0 Å². The first-order valence-electron chi connectivity index (χ1n) is 12.1. The predicted molar refractivity (Wildman–Crippen MR) is 148 cm³/mol. The van der Waals surface area contributed by atoms with Crippen molar-refractivity contribution in [2.75, 3.05) is 23.1 Å². The van der Waals surface area contributed by atoms with Gasteiger partial charge in [-0.25, -0.2) is 9.19 Å². The lowest BCUT2D eigenvalue weighted by Crippen LogP contribution is -2.14. The van der Waals surface area contributed by atoms with Gasteiger partial charge in [0.1, 0.15) is 5.82 Å². The maximum atomic E-state index is 13.0. The molecule has 1 aromatic heterocycles. The van der Waals surface area contributed by atoms with Gasteiger partial charge in [-0.1, -0.05) is 24.0 Å². The molecule has 41 heavy (non-hydrogen) atoms. The van der Waals surface area contributed by atoms with Crippen LogP contribution in [0, 0.1) is 11.8 Å². The number of aromatic nitrogens is 1. The van der Waals surface area contributed by atoms with Gasteiger partial charge >= 0.3 is 12.1 Å². The van der Waals surface area contributed by atoms with Crippen LogP contribution in [-0.2, 0) is 20.7 Å². The summed E-state index contributed by atoms with van der Waals surface area (Å²) in [7, 11) is -2.90. The van der Waals surface area contributed by atoms with E-state index in [1.165, 1.54) is 36.7 Å². The second-order valence-corrected chi connectivity index (χ2v) is 11.4. The smallest absolute Gasteiger partial charge is 0.416 e. The normalized spacial score (nSPS) is 12.4. The highest BCUT2D eigenvalue weighted by Crippen LogP contribution is 2.29. The highest BCUT2D eigenvalue weighted by Gasteiger charge is 2.30. The first kappa shape index (κ1) is 30.8. The van der Waals surface area contributed by atoms with Crippen LogP contribution in [0.15, 0.2) is 65.2 Å². The molecule has 0 spiro atoms. The highest BCUT2D eigenvalue weighted by atomic mass is 32.2. The van der Waals surface area contributed by atoms with Gasteiger partial charge in [0, 0.05) is 41.4 Å². The first-order valence-corrected chi connectivity index (χ1v) is 14.1. The van der Waals surface area contributed by atoms with Crippen molar-refractivity contribution in [3.8, 4) is 11.8 Å². The Labute approximate surface area is 234 Å². The van der Waals surface area contributed by atoms with E-state index >= 15 is 0 Å². The molecule has 4 N–H and O–H groups in total. The molecule has 0 fully saturated rings. The maximum Gasteiger partial charge on any atom is 0.416 e. The van der Waals surface area contributed by atoms with E-state index in [1.807, 2.05) is 0 Å². The Balaban J connectivity index is 1.75. The molecule has 0 bridgehead atoms. The maximum absolute atomic E-state index is 13.0. The summed E-state index contributed by atoms with van der Waals surface area (Å²) in [6.07, 6.45) is -1.53. The number of carbonyl (C=O) groups excluding carboxylic acids is 2. The molecular formula is C28H25F3N4O5S. The molecule has 0 aliphatic heterocycles. The van der Waals surface area contributed by atoms with Crippen LogP contribution in [0.4, 0.5) is 24.7 Å². The number of carboxylic acids is 1. The van der Waals surface area contributed by atoms with Gasteiger partial charge in [-0.3, -0.25) is 14.4 Å². The van der Waals surface area contributed by atoms with E-state index in [1.54, 1.807) is 12.1 Å². The molecule has 0 saturated heterocycles. The number of rotatable bonds is 8. The van der Waals surface area contributed by atoms with E-state index in [4.69, 9.17) is 10.8 Å². The minimum absolute atomic E-state index is 0.00529. The zero-order valence-corrected chi connectivity index (χ0v) is 22.5. The second kappa shape index (κ2) is 13.1. The fourth-order valence-electron chi connectivity index (χ4n) is 3.47. The Morgan fingerprint density at radius 2 is 1.78 bits per heavy atom. The van der Waals surface area contributed by atoms with Crippen molar-refractivity contribution in [2.45, 2.75) is 25.4 Å². The summed E-state index contributed by atoms with van der Waals surface area (Å²) in [5.41, 5.74) is 5.68. The van der Waals surface area contributed by atoms with Crippen LogP contribution < -0.4 is 11.1 Å². The topological polar surface area (TPSA) is 152 Å². The number of unbranched alkanes of at least 4 members (excludes halogenated alkanes) is 1. The lowest BCUT2D eigenvalue weighted by molar-refractivity contribution is -0.138. The van der Waals surface area contributed by atoms with Crippen molar-refractivity contribution in [2.24, 2.45) is 4.36 Å². The Bertz CT molecular complexity index is 1670. The van der Waals surface area contributed by atoms with Gasteiger partial charge in [0.05, 0.1) is 26.4 Å². The number of anilines is 2. The van der Waals surface area contributed by atoms with Gasteiger partial charge in [0.25, 0.3) is 11.8 Å². The fourth-order valence-corrected chi connectivity index (χ4v) is 4.75. The van der Waals surface area contributed by atoms with Gasteiger partial charge in [0.2, 0.25) is 0 Å². The molecule has 214 valence electrons. The molecule has 3 aromatic rings. The molecule has 0 aliphatic carbocycles. The van der Waals surface area contributed by atoms with Crippen LogP contribution >= 0.6 is 0 Å². The first-order chi connectivity index (χ1) is 19.2. The van der Waals surface area contributed by atoms with Crippen molar-refractivity contribution < 1.29 is 36.9 Å². The number of hydrogen-bond donors (Lipinski definition) is 3. The van der Waals surface area contributed by atoms with Gasteiger partial charge in [-0.05, 0) is 55.3 Å². The summed E-state index contributed by atoms with van der Waals surface area (Å²) in [6.45, 7) is 0. The Kier molecular flexibility index (Phi) is 9.85. The van der Waals surface area contributed by atoms with Gasteiger partial charge in [-0.15, -0.1) is 0 Å². The summed E-state index contributed by atoms with van der Waals surface area (Å²) < 4.78 is 55.3. The fraction of sp³-hybridized carbons (Fsp3) is 0.214. The number of benzene rings is 2. The van der Waals surface area contributed by atoms with Gasteiger partial charge < -0.3 is 16.2 Å². The molecule has 0 radical (unpaired) electrons. The Morgan fingerprint density at radius 1 is 1.05 bits per heavy atom. The number of pyridine rings is 1. The number of carboxylic acid groups (broad SMARTS) is 1. The number of carbonyl (C=O) groups is 3. The number of amides is 2. The van der Waals surface area contributed by atoms with E-state index in [0.717, 1.165) is 18.2 Å². The standard InChI is InChI=1S/C28H25F3N4O5S/c1-41(40,13-3-2-10-24(36)37)35-27(39)21-15-19(25(32)33-17-21)12-11-18-6-4-9-23(14-18)34-26(38)20-7-5-8-22(16-20)28(29,30)31/h4-9,14-17H,2-3,10,13H2,1H3,(H2,32,33)(H,34,38)(H,36,37). The number of halogens is 3. The third-order valence-electron chi connectivity index (χ3n) is 5.52. The molecule has 2 aromatic carbocycles. The van der Waals surface area contributed by atoms with Crippen molar-refractivity contribution in [3.05, 3.63) is 88.6 Å². The zero-order valence-electron chi connectivity index (χ0n) is 21.7. The van der Waals surface area contributed by atoms with Crippen molar-refractivity contribution in [1.82, 2.24) is 4.98 Å². The minimum Gasteiger partial charge on any atom is -0.481 e. The average Bonchev–Trinajstić information content (AvgIpc) is 2.90. The number of hydrogen-bond acceptors (Lipinski definition) is 6. The lowest BCUT2D eigenvalue weighted by Gasteiger charge is -2.09. The number of aliphatic carboxylic acids is 1. The average molecular weight is 587 g/mol. The third-order valence-corrected chi connectivity index (χ3v) is 7.12. The SMILES string of the molecule is CS(=O)(CCCCC(=O)O)=NC(=O)c1cnc(N)c(C#Cc2cccc(NC(=O)c3cccc(C(F)(F)F)c3)c2)c1.